The number of aliphatic hydroxyl groups is 1. The van der Waals surface area contributed by atoms with E-state index >= 15 is 0 Å². The van der Waals surface area contributed by atoms with E-state index in [-0.39, 0.29) is 11.6 Å². The molecule has 2 unspecified atom stereocenters. The molecule has 2 aliphatic rings. The van der Waals surface area contributed by atoms with Crippen LogP contribution in [0.5, 0.6) is 11.5 Å². The van der Waals surface area contributed by atoms with Crippen molar-refractivity contribution in [1.82, 2.24) is 0 Å². The lowest BCUT2D eigenvalue weighted by Crippen LogP contribution is -2.58. The largest absolute Gasteiger partial charge is 0.497 e. The summed E-state index contributed by atoms with van der Waals surface area (Å²) in [4.78, 5) is 0. The van der Waals surface area contributed by atoms with E-state index in [0.717, 1.165) is 37.0 Å². The first-order valence-electron chi connectivity index (χ1n) is 6.97. The molecule has 19 heavy (non-hydrogen) atoms. The van der Waals surface area contributed by atoms with Crippen LogP contribution in [0.25, 0.3) is 0 Å². The number of ether oxygens (including phenoxy) is 2. The van der Waals surface area contributed by atoms with Crippen molar-refractivity contribution in [3.05, 3.63) is 23.8 Å². The number of hydrogen-bond acceptors (Lipinski definition) is 4. The van der Waals surface area contributed by atoms with Gasteiger partial charge in [-0.1, -0.05) is 6.42 Å². The first-order valence-corrected chi connectivity index (χ1v) is 6.97. The number of nitrogens with two attached hydrogens (primary N) is 1. The number of hydrogen-bond donors (Lipinski definition) is 2. The van der Waals surface area contributed by atoms with Gasteiger partial charge in [0.2, 0.25) is 0 Å². The Bertz CT molecular complexity index is 468. The lowest BCUT2D eigenvalue weighted by Gasteiger charge is -2.47. The highest BCUT2D eigenvalue weighted by atomic mass is 16.5. The average Bonchev–Trinajstić information content (AvgIpc) is 2.46. The summed E-state index contributed by atoms with van der Waals surface area (Å²) in [6.07, 6.45) is 4.63. The third kappa shape index (κ3) is 1.99. The maximum atomic E-state index is 10.5. The molecule has 4 heteroatoms. The van der Waals surface area contributed by atoms with Crippen LogP contribution in [-0.2, 0) is 0 Å². The molecular weight excluding hydrogens is 242 g/mol. The molecule has 1 aromatic carbocycles. The summed E-state index contributed by atoms with van der Waals surface area (Å²) in [5.74, 6) is 1.46. The second kappa shape index (κ2) is 4.69. The zero-order valence-electron chi connectivity index (χ0n) is 11.3. The van der Waals surface area contributed by atoms with Crippen LogP contribution in [-0.4, -0.2) is 23.9 Å². The highest BCUT2D eigenvalue weighted by Crippen LogP contribution is 2.46. The van der Waals surface area contributed by atoms with E-state index in [0.29, 0.717) is 5.75 Å². The van der Waals surface area contributed by atoms with Gasteiger partial charge in [0.05, 0.1) is 13.2 Å². The maximum absolute atomic E-state index is 10.5. The number of aliphatic hydroxyl groups excluding tert-OH is 1. The van der Waals surface area contributed by atoms with Gasteiger partial charge in [-0.3, -0.25) is 0 Å². The zero-order chi connectivity index (χ0) is 13.5. The molecule has 1 aliphatic carbocycles. The van der Waals surface area contributed by atoms with E-state index in [1.807, 2.05) is 18.2 Å². The number of fused-ring (bicyclic) bond motifs is 1. The zero-order valence-corrected chi connectivity index (χ0v) is 11.3. The molecule has 1 spiro atoms. The summed E-state index contributed by atoms with van der Waals surface area (Å²) in [5, 5.41) is 10.5. The molecule has 0 saturated heterocycles. The monoisotopic (exact) mass is 263 g/mol. The first-order chi connectivity index (χ1) is 9.16. The molecule has 1 saturated carbocycles. The van der Waals surface area contributed by atoms with E-state index in [9.17, 15) is 5.11 Å². The average molecular weight is 263 g/mol. The van der Waals surface area contributed by atoms with Crippen molar-refractivity contribution in [2.45, 2.75) is 49.9 Å². The van der Waals surface area contributed by atoms with Gasteiger partial charge in [0.15, 0.2) is 0 Å². The Morgan fingerprint density at radius 1 is 1.32 bits per heavy atom. The Morgan fingerprint density at radius 3 is 2.74 bits per heavy atom. The summed E-state index contributed by atoms with van der Waals surface area (Å²) in [6, 6.07) is 5.18. The molecule has 0 amide bonds. The Kier molecular flexibility index (Phi) is 3.15. The maximum Gasteiger partial charge on any atom is 0.127 e. The van der Waals surface area contributed by atoms with Gasteiger partial charge in [0, 0.05) is 5.56 Å². The lowest BCUT2D eigenvalue weighted by molar-refractivity contribution is -0.0582. The van der Waals surface area contributed by atoms with Gasteiger partial charge in [-0.05, 0) is 43.9 Å². The fraction of sp³-hybridized carbons (Fsp3) is 0.600. The van der Waals surface area contributed by atoms with Crippen LogP contribution in [0, 0.1) is 0 Å². The number of methoxy groups -OCH3 is 1. The molecule has 0 radical (unpaired) electrons. The van der Waals surface area contributed by atoms with Gasteiger partial charge >= 0.3 is 0 Å². The smallest absolute Gasteiger partial charge is 0.127 e. The van der Waals surface area contributed by atoms with Gasteiger partial charge in [0.1, 0.15) is 23.2 Å². The third-order valence-corrected chi connectivity index (χ3v) is 4.50. The molecule has 1 aromatic rings. The van der Waals surface area contributed by atoms with Gasteiger partial charge < -0.3 is 20.3 Å². The Hall–Kier alpha value is -1.26. The SMILES string of the molecule is COc1ccc2c(c1)C(O)C(N)C1(CCCCC1)O2. The number of benzene rings is 1. The minimum atomic E-state index is -0.683. The quantitative estimate of drug-likeness (QED) is 0.815. The predicted octanol–water partition coefficient (Wildman–Crippen LogP) is 2.15. The minimum Gasteiger partial charge on any atom is -0.497 e. The molecule has 0 bridgehead atoms. The molecule has 4 nitrogen and oxygen atoms in total. The van der Waals surface area contributed by atoms with Crippen LogP contribution in [0.1, 0.15) is 43.8 Å². The second-order valence-electron chi connectivity index (χ2n) is 5.60. The summed E-state index contributed by atoms with van der Waals surface area (Å²) in [7, 11) is 1.61. The van der Waals surface area contributed by atoms with E-state index in [4.69, 9.17) is 15.2 Å². The second-order valence-corrected chi connectivity index (χ2v) is 5.60. The topological polar surface area (TPSA) is 64.7 Å². The van der Waals surface area contributed by atoms with Crippen molar-refractivity contribution in [3.63, 3.8) is 0 Å². The molecular formula is C15H21NO3. The number of rotatable bonds is 1. The normalized spacial score (nSPS) is 28.6. The van der Waals surface area contributed by atoms with Gasteiger partial charge in [0.25, 0.3) is 0 Å². The molecule has 3 N–H and O–H groups in total. The van der Waals surface area contributed by atoms with Crippen LogP contribution >= 0.6 is 0 Å². The van der Waals surface area contributed by atoms with Gasteiger partial charge in [-0.25, -0.2) is 0 Å². The lowest BCUT2D eigenvalue weighted by atomic mass is 9.74. The van der Waals surface area contributed by atoms with Crippen molar-refractivity contribution in [2.75, 3.05) is 7.11 Å². The van der Waals surface area contributed by atoms with Crippen LogP contribution in [0.4, 0.5) is 0 Å². The Labute approximate surface area is 113 Å². The standard InChI is InChI=1S/C15H21NO3/c1-18-10-5-6-12-11(9-10)13(17)14(16)15(19-12)7-3-2-4-8-15/h5-6,9,13-14,17H,2-4,7-8,16H2,1H3. The molecule has 2 atom stereocenters. The van der Waals surface area contributed by atoms with E-state index in [1.165, 1.54) is 6.42 Å². The van der Waals surface area contributed by atoms with Crippen molar-refractivity contribution in [2.24, 2.45) is 5.73 Å². The van der Waals surface area contributed by atoms with Crippen molar-refractivity contribution >= 4 is 0 Å². The molecule has 0 aromatic heterocycles. The molecule has 104 valence electrons. The third-order valence-electron chi connectivity index (χ3n) is 4.50. The van der Waals surface area contributed by atoms with E-state index < -0.39 is 6.10 Å². The fourth-order valence-corrected chi connectivity index (χ4v) is 3.33. The van der Waals surface area contributed by atoms with Crippen molar-refractivity contribution < 1.29 is 14.6 Å². The Balaban J connectivity index is 1.99. The summed E-state index contributed by atoms with van der Waals surface area (Å²) in [6.45, 7) is 0. The first kappa shape index (κ1) is 12.8. The van der Waals surface area contributed by atoms with Crippen LogP contribution in [0.3, 0.4) is 0 Å². The van der Waals surface area contributed by atoms with Crippen LogP contribution in [0.15, 0.2) is 18.2 Å². The minimum absolute atomic E-state index is 0.368. The fourth-order valence-electron chi connectivity index (χ4n) is 3.33. The van der Waals surface area contributed by atoms with Crippen LogP contribution < -0.4 is 15.2 Å². The Morgan fingerprint density at radius 2 is 2.05 bits per heavy atom. The highest BCUT2D eigenvalue weighted by molar-refractivity contribution is 5.45. The van der Waals surface area contributed by atoms with Crippen molar-refractivity contribution in [3.8, 4) is 11.5 Å². The molecule has 3 rings (SSSR count). The predicted molar refractivity (Wildman–Crippen MR) is 72.4 cm³/mol. The van der Waals surface area contributed by atoms with E-state index in [2.05, 4.69) is 0 Å². The molecule has 1 heterocycles. The van der Waals surface area contributed by atoms with Gasteiger partial charge in [-0.2, -0.15) is 0 Å². The highest BCUT2D eigenvalue weighted by Gasteiger charge is 2.48. The molecule has 1 aliphatic heterocycles. The van der Waals surface area contributed by atoms with E-state index in [1.54, 1.807) is 7.11 Å². The molecule has 1 fully saturated rings. The van der Waals surface area contributed by atoms with Gasteiger partial charge in [-0.15, -0.1) is 0 Å². The summed E-state index contributed by atoms with van der Waals surface area (Å²) < 4.78 is 11.4. The summed E-state index contributed by atoms with van der Waals surface area (Å²) >= 11 is 0. The summed E-state index contributed by atoms with van der Waals surface area (Å²) in [5.41, 5.74) is 6.63. The van der Waals surface area contributed by atoms with Crippen LogP contribution in [0.2, 0.25) is 0 Å². The van der Waals surface area contributed by atoms with Crippen molar-refractivity contribution in [1.29, 1.82) is 0 Å².